The average Bonchev–Trinajstić information content (AvgIpc) is 3.22. The maximum Gasteiger partial charge on any atom is 0.338 e. The number of hydrogen-bond donors (Lipinski definition) is 5. The van der Waals surface area contributed by atoms with Crippen LogP contribution in [0.15, 0.2) is 132 Å². The van der Waals surface area contributed by atoms with E-state index in [1.165, 1.54) is 17.7 Å². The summed E-state index contributed by atoms with van der Waals surface area (Å²) in [5.74, 6) is 0.436. The monoisotopic (exact) mass is 738 g/mol. The second-order valence-electron chi connectivity index (χ2n) is 13.9. The molecule has 0 aliphatic carbocycles. The van der Waals surface area contributed by atoms with Crippen molar-refractivity contribution in [2.24, 2.45) is 0 Å². The quantitative estimate of drug-likeness (QED) is 0.0768. The molecule has 1 fully saturated rings. The van der Waals surface area contributed by atoms with Crippen molar-refractivity contribution < 1.29 is 24.5 Å². The summed E-state index contributed by atoms with van der Waals surface area (Å²) in [7, 11) is 1.95. The summed E-state index contributed by atoms with van der Waals surface area (Å²) in [5, 5.41) is 28.3. The summed E-state index contributed by atoms with van der Waals surface area (Å²) in [6, 6.07) is 40.4. The maximum absolute atomic E-state index is 13.0. The molecule has 0 spiro atoms. The SMILES string of the molecule is CNC(c1ccccc1)c1cccc(OCc2ccc(C(=O)OC3CCN(c4ccc(CNCC(O)c5ccc(O)c6[nH]c(=O)ccc56)cc4)CC3)cc2)c1. The van der Waals surface area contributed by atoms with Crippen molar-refractivity contribution in [1.29, 1.82) is 0 Å². The Kier molecular flexibility index (Phi) is 11.9. The first-order chi connectivity index (χ1) is 26.8. The molecule has 282 valence electrons. The number of aliphatic hydroxyl groups excluding tert-OH is 1. The number of carbonyl (C=O) groups is 1. The molecule has 1 aliphatic rings. The predicted molar refractivity (Wildman–Crippen MR) is 215 cm³/mol. The van der Waals surface area contributed by atoms with E-state index in [0.717, 1.165) is 54.1 Å². The molecule has 10 nitrogen and oxygen atoms in total. The minimum absolute atomic E-state index is 0.0353. The number of esters is 1. The highest BCUT2D eigenvalue weighted by molar-refractivity contribution is 5.89. The smallest absolute Gasteiger partial charge is 0.338 e. The molecule has 2 atom stereocenters. The molecule has 2 unspecified atom stereocenters. The van der Waals surface area contributed by atoms with E-state index < -0.39 is 6.10 Å². The highest BCUT2D eigenvalue weighted by Gasteiger charge is 2.23. The number of aliphatic hydroxyl groups is 1. The molecule has 2 heterocycles. The summed E-state index contributed by atoms with van der Waals surface area (Å²) in [5.41, 5.74) is 6.61. The van der Waals surface area contributed by atoms with Gasteiger partial charge in [-0.3, -0.25) is 4.79 Å². The van der Waals surface area contributed by atoms with Gasteiger partial charge in [-0.25, -0.2) is 4.79 Å². The van der Waals surface area contributed by atoms with Gasteiger partial charge in [0.15, 0.2) is 0 Å². The Balaban J connectivity index is 0.839. The number of aromatic hydroxyl groups is 1. The third-order valence-corrected chi connectivity index (χ3v) is 10.2. The van der Waals surface area contributed by atoms with E-state index in [-0.39, 0.29) is 29.4 Å². The van der Waals surface area contributed by atoms with Crippen LogP contribution in [0.4, 0.5) is 5.69 Å². The van der Waals surface area contributed by atoms with Crippen LogP contribution in [0.2, 0.25) is 0 Å². The zero-order valence-corrected chi connectivity index (χ0v) is 30.8. The Morgan fingerprint density at radius 2 is 1.58 bits per heavy atom. The number of ether oxygens (including phenoxy) is 2. The van der Waals surface area contributed by atoms with E-state index in [1.807, 2.05) is 49.5 Å². The molecular weight excluding hydrogens is 693 g/mol. The van der Waals surface area contributed by atoms with Gasteiger partial charge in [-0.1, -0.05) is 72.8 Å². The molecule has 1 aliphatic heterocycles. The van der Waals surface area contributed by atoms with Crippen LogP contribution < -0.4 is 25.8 Å². The summed E-state index contributed by atoms with van der Waals surface area (Å²) >= 11 is 0. The zero-order valence-electron chi connectivity index (χ0n) is 30.8. The molecule has 0 bridgehead atoms. The number of phenolic OH excluding ortho intramolecular Hbond substituents is 1. The Bertz CT molecular complexity index is 2250. The van der Waals surface area contributed by atoms with Crippen LogP contribution >= 0.6 is 0 Å². The number of nitrogens with zero attached hydrogens (tertiary/aromatic N) is 1. The number of benzene rings is 5. The van der Waals surface area contributed by atoms with Crippen LogP contribution in [0.25, 0.3) is 10.9 Å². The number of H-pyrrole nitrogens is 1. The Hall–Kier alpha value is -5.94. The lowest BCUT2D eigenvalue weighted by atomic mass is 9.99. The first-order valence-electron chi connectivity index (χ1n) is 18.7. The van der Waals surface area contributed by atoms with E-state index in [9.17, 15) is 19.8 Å². The summed E-state index contributed by atoms with van der Waals surface area (Å²) < 4.78 is 12.0. The minimum atomic E-state index is -0.824. The number of aromatic nitrogens is 1. The van der Waals surface area contributed by atoms with Gasteiger partial charge in [0, 0.05) is 56.2 Å². The second kappa shape index (κ2) is 17.5. The van der Waals surface area contributed by atoms with Crippen molar-refractivity contribution in [3.05, 3.63) is 171 Å². The molecule has 6 aromatic rings. The van der Waals surface area contributed by atoms with Gasteiger partial charge in [0.25, 0.3) is 0 Å². The topological polar surface area (TPSA) is 136 Å². The molecule has 0 radical (unpaired) electrons. The molecule has 1 aromatic heterocycles. The van der Waals surface area contributed by atoms with E-state index in [2.05, 4.69) is 69.0 Å². The molecule has 5 N–H and O–H groups in total. The number of nitrogens with one attached hydrogen (secondary N) is 3. The van der Waals surface area contributed by atoms with E-state index in [0.29, 0.717) is 41.7 Å². The van der Waals surface area contributed by atoms with Crippen molar-refractivity contribution in [3.8, 4) is 11.5 Å². The summed E-state index contributed by atoms with van der Waals surface area (Å²) in [4.78, 5) is 29.7. The Morgan fingerprint density at radius 1 is 0.855 bits per heavy atom. The normalized spacial score (nSPS) is 14.4. The lowest BCUT2D eigenvalue weighted by Crippen LogP contribution is -2.37. The number of pyridine rings is 1. The third kappa shape index (κ3) is 9.24. The van der Waals surface area contributed by atoms with Gasteiger partial charge in [0.2, 0.25) is 5.56 Å². The number of aromatic amines is 1. The van der Waals surface area contributed by atoms with Crippen molar-refractivity contribution in [2.45, 2.75) is 44.2 Å². The van der Waals surface area contributed by atoms with Gasteiger partial charge in [-0.2, -0.15) is 0 Å². The minimum Gasteiger partial charge on any atom is -0.506 e. The number of phenols is 1. The Morgan fingerprint density at radius 3 is 2.33 bits per heavy atom. The fourth-order valence-electron chi connectivity index (χ4n) is 7.15. The van der Waals surface area contributed by atoms with Crippen molar-refractivity contribution >= 4 is 22.6 Å². The van der Waals surface area contributed by atoms with Gasteiger partial charge < -0.3 is 40.2 Å². The van der Waals surface area contributed by atoms with Crippen LogP contribution in [0, 0.1) is 0 Å². The number of carbonyl (C=O) groups excluding carboxylic acids is 1. The lowest BCUT2D eigenvalue weighted by molar-refractivity contribution is 0.0245. The third-order valence-electron chi connectivity index (χ3n) is 10.2. The fourth-order valence-corrected chi connectivity index (χ4v) is 7.15. The molecule has 0 amide bonds. The zero-order chi connectivity index (χ0) is 38.1. The summed E-state index contributed by atoms with van der Waals surface area (Å²) in [6.07, 6.45) is 0.527. The number of hydrogen-bond acceptors (Lipinski definition) is 9. The van der Waals surface area contributed by atoms with Crippen LogP contribution in [0.1, 0.15) is 63.2 Å². The molecular formula is C45H46N4O6. The van der Waals surface area contributed by atoms with Crippen LogP contribution in [-0.2, 0) is 17.9 Å². The molecule has 1 saturated heterocycles. The Labute approximate surface area is 320 Å². The first kappa shape index (κ1) is 37.4. The molecule has 5 aromatic carbocycles. The number of rotatable bonds is 14. The highest BCUT2D eigenvalue weighted by Crippen LogP contribution is 2.29. The van der Waals surface area contributed by atoms with E-state index >= 15 is 0 Å². The fraction of sp³-hybridized carbons (Fsp3) is 0.244. The number of piperidine rings is 1. The average molecular weight is 739 g/mol. The van der Waals surface area contributed by atoms with Crippen molar-refractivity contribution in [2.75, 3.05) is 31.6 Å². The molecule has 10 heteroatoms. The lowest BCUT2D eigenvalue weighted by Gasteiger charge is -2.33. The van der Waals surface area contributed by atoms with Crippen LogP contribution in [0.3, 0.4) is 0 Å². The van der Waals surface area contributed by atoms with E-state index in [4.69, 9.17) is 9.47 Å². The highest BCUT2D eigenvalue weighted by atomic mass is 16.5. The van der Waals surface area contributed by atoms with Gasteiger partial charge in [0.05, 0.1) is 23.2 Å². The first-order valence-corrected chi connectivity index (χ1v) is 18.7. The molecule has 0 saturated carbocycles. The van der Waals surface area contributed by atoms with Gasteiger partial charge >= 0.3 is 5.97 Å². The number of fused-ring (bicyclic) bond motifs is 1. The van der Waals surface area contributed by atoms with Crippen molar-refractivity contribution in [3.63, 3.8) is 0 Å². The molecule has 55 heavy (non-hydrogen) atoms. The van der Waals surface area contributed by atoms with Gasteiger partial charge in [0.1, 0.15) is 24.2 Å². The molecule has 7 rings (SSSR count). The predicted octanol–water partition coefficient (Wildman–Crippen LogP) is 6.77. The van der Waals surface area contributed by atoms with Crippen LogP contribution in [-0.4, -0.2) is 54.0 Å². The largest absolute Gasteiger partial charge is 0.506 e. The van der Waals surface area contributed by atoms with Crippen molar-refractivity contribution in [1.82, 2.24) is 15.6 Å². The van der Waals surface area contributed by atoms with Gasteiger partial charge in [-0.15, -0.1) is 0 Å². The number of anilines is 1. The van der Waals surface area contributed by atoms with Crippen LogP contribution in [0.5, 0.6) is 11.5 Å². The standard InChI is InChI=1S/C45H46N4O6/c1-46-43(32-6-3-2-4-7-32)34-8-5-9-37(26-34)54-29-31-10-14-33(15-11-31)45(53)55-36-22-24-49(25-23-36)35-16-12-30(13-17-35)27-47-28-41(51)38-18-20-40(50)44-39(38)19-21-42(52)48-44/h2-21,26,36,41,43,46-47,50-51H,22-25,27-29H2,1H3,(H,48,52). The maximum atomic E-state index is 13.0. The van der Waals surface area contributed by atoms with E-state index in [1.54, 1.807) is 24.3 Å². The summed E-state index contributed by atoms with van der Waals surface area (Å²) in [6.45, 7) is 2.82. The van der Waals surface area contributed by atoms with Gasteiger partial charge in [-0.05, 0) is 83.4 Å². The second-order valence-corrected chi connectivity index (χ2v) is 13.9.